The summed E-state index contributed by atoms with van der Waals surface area (Å²) < 4.78 is 0. The van der Waals surface area contributed by atoms with Crippen LogP contribution < -0.4 is 10.2 Å². The fraction of sp³-hybridized carbons (Fsp3) is 0.500. The Morgan fingerprint density at radius 1 is 1.03 bits per heavy atom. The molecule has 1 amide bonds. The number of nitrogens with zero attached hydrogens (tertiary/aromatic N) is 4. The average molecular weight is 414 g/mol. The normalized spacial score (nSPS) is 21.1. The van der Waals surface area contributed by atoms with Gasteiger partial charge in [-0.25, -0.2) is 0 Å². The van der Waals surface area contributed by atoms with Crippen LogP contribution in [0, 0.1) is 5.92 Å². The monoisotopic (exact) mass is 413 g/mol. The van der Waals surface area contributed by atoms with Crippen LogP contribution in [-0.4, -0.2) is 53.2 Å². The minimum Gasteiger partial charge on any atom is -0.354 e. The molecule has 2 aromatic rings. The number of anilines is 1. The second kappa shape index (κ2) is 9.55. The van der Waals surface area contributed by atoms with E-state index in [1.165, 1.54) is 5.56 Å². The number of benzene rings is 1. The highest BCUT2D eigenvalue weighted by Gasteiger charge is 2.29. The minimum atomic E-state index is 0.00331. The standard InChI is InChI=1S/C22H28ClN5O/c23-20-8-9-21(26-25-20)28-12-4-7-18(16-28)22(29)24-19-10-13-27(14-11-19)15-17-5-2-1-3-6-17/h1-3,5-6,8-9,18-19H,4,7,10-16H2,(H,24,29). The van der Waals surface area contributed by atoms with Gasteiger partial charge in [-0.3, -0.25) is 9.69 Å². The van der Waals surface area contributed by atoms with E-state index < -0.39 is 0 Å². The van der Waals surface area contributed by atoms with Crippen molar-refractivity contribution in [1.82, 2.24) is 20.4 Å². The average Bonchev–Trinajstić information content (AvgIpc) is 2.76. The maximum Gasteiger partial charge on any atom is 0.225 e. The number of hydrogen-bond acceptors (Lipinski definition) is 5. The van der Waals surface area contributed by atoms with Crippen molar-refractivity contribution in [3.05, 3.63) is 53.2 Å². The molecule has 6 nitrogen and oxygen atoms in total. The van der Waals surface area contributed by atoms with E-state index in [4.69, 9.17) is 11.6 Å². The first-order chi connectivity index (χ1) is 14.2. The van der Waals surface area contributed by atoms with Crippen molar-refractivity contribution in [3.8, 4) is 0 Å². The van der Waals surface area contributed by atoms with Gasteiger partial charge in [0.2, 0.25) is 5.91 Å². The van der Waals surface area contributed by atoms with Crippen LogP contribution in [0.2, 0.25) is 5.15 Å². The number of likely N-dealkylation sites (tertiary alicyclic amines) is 1. The van der Waals surface area contributed by atoms with Gasteiger partial charge in [-0.2, -0.15) is 0 Å². The topological polar surface area (TPSA) is 61.4 Å². The number of rotatable bonds is 5. The van der Waals surface area contributed by atoms with Crippen molar-refractivity contribution in [3.63, 3.8) is 0 Å². The molecule has 29 heavy (non-hydrogen) atoms. The van der Waals surface area contributed by atoms with Gasteiger partial charge in [-0.15, -0.1) is 10.2 Å². The van der Waals surface area contributed by atoms with E-state index in [1.54, 1.807) is 6.07 Å². The van der Waals surface area contributed by atoms with Crippen LogP contribution in [0.25, 0.3) is 0 Å². The molecule has 4 rings (SSSR count). The maximum atomic E-state index is 12.9. The molecule has 3 heterocycles. The summed E-state index contributed by atoms with van der Waals surface area (Å²) in [6.07, 6.45) is 3.93. The second-order valence-electron chi connectivity index (χ2n) is 8.04. The van der Waals surface area contributed by atoms with Crippen molar-refractivity contribution in [2.75, 3.05) is 31.1 Å². The Labute approximate surface area is 177 Å². The molecular weight excluding hydrogens is 386 g/mol. The Balaban J connectivity index is 1.24. The molecule has 0 spiro atoms. The molecule has 0 bridgehead atoms. The minimum absolute atomic E-state index is 0.00331. The smallest absolute Gasteiger partial charge is 0.225 e. The summed E-state index contributed by atoms with van der Waals surface area (Å²) in [6.45, 7) is 4.63. The van der Waals surface area contributed by atoms with Gasteiger partial charge in [0.15, 0.2) is 11.0 Å². The van der Waals surface area contributed by atoms with Crippen LogP contribution in [0.1, 0.15) is 31.2 Å². The van der Waals surface area contributed by atoms with Crippen LogP contribution in [0.3, 0.4) is 0 Å². The van der Waals surface area contributed by atoms with Gasteiger partial charge >= 0.3 is 0 Å². The van der Waals surface area contributed by atoms with E-state index in [-0.39, 0.29) is 17.9 Å². The molecule has 2 fully saturated rings. The van der Waals surface area contributed by atoms with Gasteiger partial charge < -0.3 is 10.2 Å². The van der Waals surface area contributed by atoms with Crippen LogP contribution in [0.15, 0.2) is 42.5 Å². The second-order valence-corrected chi connectivity index (χ2v) is 8.43. The zero-order valence-electron chi connectivity index (χ0n) is 16.6. The highest BCUT2D eigenvalue weighted by molar-refractivity contribution is 6.29. The fourth-order valence-corrected chi connectivity index (χ4v) is 4.37. The molecule has 1 aromatic carbocycles. The lowest BCUT2D eigenvalue weighted by molar-refractivity contribution is -0.126. The van der Waals surface area contributed by atoms with Gasteiger partial charge in [0.1, 0.15) is 0 Å². The lowest BCUT2D eigenvalue weighted by Crippen LogP contribution is -2.49. The molecule has 1 unspecified atom stereocenters. The van der Waals surface area contributed by atoms with Crippen LogP contribution in [0.5, 0.6) is 0 Å². The highest BCUT2D eigenvalue weighted by atomic mass is 35.5. The third-order valence-corrected chi connectivity index (χ3v) is 6.12. The first-order valence-corrected chi connectivity index (χ1v) is 10.9. The predicted molar refractivity (Wildman–Crippen MR) is 115 cm³/mol. The van der Waals surface area contributed by atoms with Crippen LogP contribution in [-0.2, 0) is 11.3 Å². The number of halogens is 1. The molecule has 7 heteroatoms. The first-order valence-electron chi connectivity index (χ1n) is 10.5. The molecule has 154 valence electrons. The quantitative estimate of drug-likeness (QED) is 0.815. The number of aromatic nitrogens is 2. The zero-order chi connectivity index (χ0) is 20.1. The van der Waals surface area contributed by atoms with Crippen LogP contribution >= 0.6 is 11.6 Å². The number of amides is 1. The molecule has 2 aliphatic rings. The Morgan fingerprint density at radius 2 is 1.83 bits per heavy atom. The molecule has 2 saturated heterocycles. The summed E-state index contributed by atoms with van der Waals surface area (Å²) in [4.78, 5) is 17.5. The number of nitrogens with one attached hydrogen (secondary N) is 1. The summed E-state index contributed by atoms with van der Waals surface area (Å²) >= 11 is 5.83. The van der Waals surface area contributed by atoms with Gasteiger partial charge in [0, 0.05) is 38.8 Å². The summed E-state index contributed by atoms with van der Waals surface area (Å²) in [7, 11) is 0. The fourth-order valence-electron chi connectivity index (χ4n) is 4.27. The zero-order valence-corrected chi connectivity index (χ0v) is 17.4. The third-order valence-electron chi connectivity index (χ3n) is 5.92. The molecule has 2 aliphatic heterocycles. The van der Waals surface area contributed by atoms with E-state index >= 15 is 0 Å². The summed E-state index contributed by atoms with van der Waals surface area (Å²) in [6, 6.07) is 14.5. The molecule has 0 saturated carbocycles. The van der Waals surface area contributed by atoms with Crippen molar-refractivity contribution in [2.24, 2.45) is 5.92 Å². The first kappa shape index (κ1) is 20.1. The molecule has 1 N–H and O–H groups in total. The van der Waals surface area contributed by atoms with Crippen molar-refractivity contribution in [2.45, 2.75) is 38.3 Å². The Morgan fingerprint density at radius 3 is 2.55 bits per heavy atom. The Kier molecular flexibility index (Phi) is 6.62. The Hall–Kier alpha value is -2.18. The maximum absolute atomic E-state index is 12.9. The molecular formula is C22H28ClN5O. The van der Waals surface area contributed by atoms with Crippen molar-refractivity contribution < 1.29 is 4.79 Å². The highest BCUT2D eigenvalue weighted by Crippen LogP contribution is 2.23. The molecule has 0 radical (unpaired) electrons. The SMILES string of the molecule is O=C(NC1CCN(Cc2ccccc2)CC1)C1CCCN(c2ccc(Cl)nn2)C1. The van der Waals surface area contributed by atoms with Gasteiger partial charge in [-0.05, 0) is 43.4 Å². The van der Waals surface area contributed by atoms with Gasteiger partial charge in [0.25, 0.3) is 0 Å². The van der Waals surface area contributed by atoms with E-state index in [1.807, 2.05) is 6.07 Å². The number of carbonyl (C=O) groups is 1. The molecule has 0 aliphatic carbocycles. The number of piperidine rings is 2. The predicted octanol–water partition coefficient (Wildman–Crippen LogP) is 3.13. The van der Waals surface area contributed by atoms with E-state index in [0.717, 1.165) is 57.7 Å². The van der Waals surface area contributed by atoms with Crippen molar-refractivity contribution >= 4 is 23.3 Å². The summed E-state index contributed by atoms with van der Waals surface area (Å²) in [5.41, 5.74) is 1.35. The van der Waals surface area contributed by atoms with E-state index in [9.17, 15) is 4.79 Å². The van der Waals surface area contributed by atoms with Crippen LogP contribution in [0.4, 0.5) is 5.82 Å². The van der Waals surface area contributed by atoms with E-state index in [0.29, 0.717) is 11.7 Å². The van der Waals surface area contributed by atoms with E-state index in [2.05, 4.69) is 55.6 Å². The Bertz CT molecular complexity index is 793. The lowest BCUT2D eigenvalue weighted by Gasteiger charge is -2.35. The van der Waals surface area contributed by atoms with Gasteiger partial charge in [0.05, 0.1) is 5.92 Å². The molecule has 1 atom stereocenters. The third kappa shape index (κ3) is 5.46. The number of hydrogen-bond donors (Lipinski definition) is 1. The van der Waals surface area contributed by atoms with Crippen molar-refractivity contribution in [1.29, 1.82) is 0 Å². The lowest BCUT2D eigenvalue weighted by atomic mass is 9.95. The number of carbonyl (C=O) groups excluding carboxylic acids is 1. The van der Waals surface area contributed by atoms with Gasteiger partial charge in [-0.1, -0.05) is 41.9 Å². The largest absolute Gasteiger partial charge is 0.354 e. The summed E-state index contributed by atoms with van der Waals surface area (Å²) in [5.74, 6) is 0.975. The molecule has 1 aromatic heterocycles. The summed E-state index contributed by atoms with van der Waals surface area (Å²) in [5, 5.41) is 11.8.